The van der Waals surface area contributed by atoms with E-state index in [2.05, 4.69) is 34.6 Å². The molecule has 3 rings (SSSR count). The highest BCUT2D eigenvalue weighted by Crippen LogP contribution is 2.35. The number of ether oxygens (including phenoxy) is 3. The Morgan fingerprint density at radius 3 is 2.55 bits per heavy atom. The van der Waals surface area contributed by atoms with Gasteiger partial charge in [-0.25, -0.2) is 14.4 Å². The van der Waals surface area contributed by atoms with Crippen LogP contribution in [0.15, 0.2) is 30.7 Å². The molecule has 0 atom stereocenters. The Bertz CT molecular complexity index is 1010. The lowest BCUT2D eigenvalue weighted by molar-refractivity contribution is 0.0203. The van der Waals surface area contributed by atoms with Crippen molar-refractivity contribution >= 4 is 19.0 Å². The number of benzene rings is 1. The Balaban J connectivity index is 1.91. The predicted octanol–water partition coefficient (Wildman–Crippen LogP) is 4.84. The molecule has 0 aliphatic carbocycles. The number of halogens is 1. The zero-order valence-corrected chi connectivity index (χ0v) is 18.5. The van der Waals surface area contributed by atoms with Gasteiger partial charge in [-0.3, -0.25) is 4.98 Å². The van der Waals surface area contributed by atoms with Gasteiger partial charge < -0.3 is 14.2 Å². The Morgan fingerprint density at radius 1 is 1.07 bits per heavy atom. The maximum absolute atomic E-state index is 14.5. The molecule has 0 saturated heterocycles. The third kappa shape index (κ3) is 5.27. The van der Waals surface area contributed by atoms with E-state index >= 15 is 0 Å². The summed E-state index contributed by atoms with van der Waals surface area (Å²) in [5, 5.41) is 0.609. The summed E-state index contributed by atoms with van der Waals surface area (Å²) in [6.07, 6.45) is 3.03. The van der Waals surface area contributed by atoms with Crippen LogP contribution < -0.4 is 9.47 Å². The van der Waals surface area contributed by atoms with Crippen molar-refractivity contribution in [2.24, 2.45) is 0 Å². The highest BCUT2D eigenvalue weighted by Gasteiger charge is 2.16. The summed E-state index contributed by atoms with van der Waals surface area (Å²) in [6, 6.07) is 5.97. The van der Waals surface area contributed by atoms with Gasteiger partial charge in [-0.2, -0.15) is 0 Å². The van der Waals surface area contributed by atoms with Gasteiger partial charge in [0, 0.05) is 26.4 Å². The number of fused-ring (bicyclic) bond motifs is 1. The van der Waals surface area contributed by atoms with E-state index in [1.54, 1.807) is 32.4 Å². The molecule has 8 heteroatoms. The van der Waals surface area contributed by atoms with E-state index in [-0.39, 0.29) is 12.5 Å². The largest absolute Gasteiger partial charge is 0.494 e. The fourth-order valence-electron chi connectivity index (χ4n) is 2.80. The van der Waals surface area contributed by atoms with Gasteiger partial charge in [0.1, 0.15) is 29.1 Å². The van der Waals surface area contributed by atoms with Crippen LogP contribution in [-0.4, -0.2) is 43.5 Å². The van der Waals surface area contributed by atoms with Crippen LogP contribution in [0.1, 0.15) is 5.56 Å². The van der Waals surface area contributed by atoms with Crippen LogP contribution in [0.2, 0.25) is 25.7 Å². The topological polar surface area (TPSA) is 66.4 Å². The molecule has 0 bridgehead atoms. The quantitative estimate of drug-likeness (QED) is 0.298. The van der Waals surface area contributed by atoms with Crippen molar-refractivity contribution in [1.29, 1.82) is 0 Å². The van der Waals surface area contributed by atoms with E-state index in [1.807, 2.05) is 0 Å². The Hall–Kier alpha value is -2.58. The van der Waals surface area contributed by atoms with Crippen molar-refractivity contribution in [2.45, 2.75) is 32.6 Å². The number of aromatic nitrogens is 3. The van der Waals surface area contributed by atoms with Crippen LogP contribution >= 0.6 is 0 Å². The highest BCUT2D eigenvalue weighted by atomic mass is 28.3. The van der Waals surface area contributed by atoms with Gasteiger partial charge in [0.2, 0.25) is 5.88 Å². The SMILES string of the molecule is COc1cc(-c2ncc(C)cc2F)cc2c(OCOCC[Si](C)(C)C)ncnc12. The zero-order valence-electron chi connectivity index (χ0n) is 17.5. The second kappa shape index (κ2) is 8.83. The van der Waals surface area contributed by atoms with Crippen LogP contribution in [0.3, 0.4) is 0 Å². The summed E-state index contributed by atoms with van der Waals surface area (Å²) in [5.41, 5.74) is 2.13. The van der Waals surface area contributed by atoms with E-state index in [0.29, 0.717) is 34.7 Å². The third-order valence-electron chi connectivity index (χ3n) is 4.41. The molecule has 3 aromatic rings. The molecule has 2 heterocycles. The van der Waals surface area contributed by atoms with E-state index in [4.69, 9.17) is 14.2 Å². The highest BCUT2D eigenvalue weighted by molar-refractivity contribution is 6.76. The molecule has 6 nitrogen and oxygen atoms in total. The molecule has 0 aliphatic heterocycles. The molecular weight excluding hydrogens is 389 g/mol. The molecule has 2 aromatic heterocycles. The first-order chi connectivity index (χ1) is 13.8. The molecule has 0 aliphatic rings. The number of pyridine rings is 1. The summed E-state index contributed by atoms with van der Waals surface area (Å²) in [5.74, 6) is 0.447. The predicted molar refractivity (Wildman–Crippen MR) is 114 cm³/mol. The molecule has 0 radical (unpaired) electrons. The van der Waals surface area contributed by atoms with Gasteiger partial charge in [0.15, 0.2) is 6.79 Å². The maximum Gasteiger partial charge on any atom is 0.226 e. The minimum atomic E-state index is -1.16. The number of rotatable bonds is 8. The van der Waals surface area contributed by atoms with Gasteiger partial charge in [0.05, 0.1) is 12.5 Å². The fraction of sp³-hybridized carbons (Fsp3) is 0.381. The van der Waals surface area contributed by atoms with Gasteiger partial charge >= 0.3 is 0 Å². The van der Waals surface area contributed by atoms with E-state index < -0.39 is 13.9 Å². The van der Waals surface area contributed by atoms with Crippen molar-refractivity contribution in [2.75, 3.05) is 20.5 Å². The number of hydrogen-bond acceptors (Lipinski definition) is 6. The normalized spacial score (nSPS) is 11.7. The molecule has 0 spiro atoms. The van der Waals surface area contributed by atoms with Crippen LogP contribution in [0.25, 0.3) is 22.2 Å². The van der Waals surface area contributed by atoms with Crippen molar-refractivity contribution in [1.82, 2.24) is 15.0 Å². The van der Waals surface area contributed by atoms with E-state index in [1.165, 1.54) is 12.4 Å². The average Bonchev–Trinajstić information content (AvgIpc) is 2.66. The molecule has 0 saturated carbocycles. The van der Waals surface area contributed by atoms with E-state index in [9.17, 15) is 4.39 Å². The zero-order chi connectivity index (χ0) is 21.0. The van der Waals surface area contributed by atoms with Gasteiger partial charge in [-0.1, -0.05) is 19.6 Å². The first-order valence-corrected chi connectivity index (χ1v) is 13.1. The van der Waals surface area contributed by atoms with Crippen molar-refractivity contribution < 1.29 is 18.6 Å². The molecule has 0 unspecified atom stereocenters. The molecule has 0 fully saturated rings. The number of nitrogens with zero attached hydrogens (tertiary/aromatic N) is 3. The first kappa shape index (κ1) is 21.1. The summed E-state index contributed by atoms with van der Waals surface area (Å²) in [4.78, 5) is 12.8. The average molecular weight is 416 g/mol. The monoisotopic (exact) mass is 415 g/mol. The number of hydrogen-bond donors (Lipinski definition) is 0. The van der Waals surface area contributed by atoms with Crippen LogP contribution in [0, 0.1) is 12.7 Å². The second-order valence-electron chi connectivity index (χ2n) is 8.08. The maximum atomic E-state index is 14.5. The Morgan fingerprint density at radius 2 is 1.86 bits per heavy atom. The minimum absolute atomic E-state index is 0.0836. The summed E-state index contributed by atoms with van der Waals surface area (Å²) < 4.78 is 31.3. The van der Waals surface area contributed by atoms with Crippen LogP contribution in [0.4, 0.5) is 4.39 Å². The molecule has 1 aromatic carbocycles. The van der Waals surface area contributed by atoms with Crippen LogP contribution in [-0.2, 0) is 4.74 Å². The first-order valence-electron chi connectivity index (χ1n) is 9.44. The van der Waals surface area contributed by atoms with Crippen molar-refractivity contribution in [3.05, 3.63) is 42.1 Å². The number of methoxy groups -OCH3 is 1. The molecule has 29 heavy (non-hydrogen) atoms. The van der Waals surface area contributed by atoms with Gasteiger partial charge in [-0.15, -0.1) is 0 Å². The summed E-state index contributed by atoms with van der Waals surface area (Å²) in [7, 11) is 0.379. The smallest absolute Gasteiger partial charge is 0.226 e. The van der Waals surface area contributed by atoms with Crippen molar-refractivity contribution in [3.63, 3.8) is 0 Å². The number of aryl methyl sites for hydroxylation is 1. The lowest BCUT2D eigenvalue weighted by Gasteiger charge is -2.16. The summed E-state index contributed by atoms with van der Waals surface area (Å²) in [6.45, 7) is 9.40. The molecule has 0 N–H and O–H groups in total. The van der Waals surface area contributed by atoms with Gasteiger partial charge in [-0.05, 0) is 36.7 Å². The lowest BCUT2D eigenvalue weighted by Crippen LogP contribution is -2.22. The molecule has 0 amide bonds. The van der Waals surface area contributed by atoms with Crippen molar-refractivity contribution in [3.8, 4) is 22.9 Å². The molecular formula is C21H26FN3O3Si. The standard InChI is InChI=1S/C21H26FN3O3Si/c1-14-8-17(22)19(23-11-14)15-9-16-20(18(10-15)26-2)24-12-25-21(16)28-13-27-6-7-29(3,4)5/h8-12H,6-7,13H2,1-5H3. The Kier molecular flexibility index (Phi) is 6.44. The minimum Gasteiger partial charge on any atom is -0.494 e. The van der Waals surface area contributed by atoms with Crippen LogP contribution in [0.5, 0.6) is 11.6 Å². The Labute approximate surface area is 171 Å². The second-order valence-corrected chi connectivity index (χ2v) is 13.7. The van der Waals surface area contributed by atoms with E-state index in [0.717, 1.165) is 11.6 Å². The van der Waals surface area contributed by atoms with Gasteiger partial charge in [0.25, 0.3) is 0 Å². The summed E-state index contributed by atoms with van der Waals surface area (Å²) >= 11 is 0. The third-order valence-corrected chi connectivity index (χ3v) is 6.12. The molecule has 154 valence electrons. The lowest BCUT2D eigenvalue weighted by atomic mass is 10.1. The fourth-order valence-corrected chi connectivity index (χ4v) is 3.56.